The van der Waals surface area contributed by atoms with Gasteiger partial charge in [-0.15, -0.1) is 0 Å². The fourth-order valence-electron chi connectivity index (χ4n) is 4.58. The molecule has 0 aliphatic carbocycles. The van der Waals surface area contributed by atoms with Crippen LogP contribution in [0.15, 0.2) is 36.8 Å². The summed E-state index contributed by atoms with van der Waals surface area (Å²) in [5, 5.41) is 0. The summed E-state index contributed by atoms with van der Waals surface area (Å²) >= 11 is 0. The lowest BCUT2D eigenvalue weighted by Crippen LogP contribution is -2.55. The largest absolute Gasteiger partial charge is 0.348 e. The third-order valence-electron chi connectivity index (χ3n) is 6.20. The van der Waals surface area contributed by atoms with Crippen molar-refractivity contribution < 1.29 is 9.59 Å². The van der Waals surface area contributed by atoms with Gasteiger partial charge < -0.3 is 14.8 Å². The summed E-state index contributed by atoms with van der Waals surface area (Å²) in [6.45, 7) is 5.03. The standard InChI is InChI=1S/C22H28N4O2/c1-17-3-5-18(6-4-17)21(28)26-11-2-9-22(15-26)10-7-20(27)25(14-22)12-8-19-13-23-16-24-19/h3-6,13,16H,2,7-12,14-15H2,1H3,(H,23,24)/t22-/m0/s1. The number of rotatable bonds is 4. The second-order valence-corrected chi connectivity index (χ2v) is 8.34. The van der Waals surface area contributed by atoms with Crippen molar-refractivity contribution in [2.45, 2.75) is 39.0 Å². The van der Waals surface area contributed by atoms with Crippen molar-refractivity contribution in [3.8, 4) is 0 Å². The third kappa shape index (κ3) is 3.96. The smallest absolute Gasteiger partial charge is 0.253 e. The average Bonchev–Trinajstić information content (AvgIpc) is 3.23. The molecule has 6 nitrogen and oxygen atoms in total. The Kier molecular flexibility index (Phi) is 5.20. The van der Waals surface area contributed by atoms with Crippen LogP contribution in [-0.2, 0) is 11.2 Å². The van der Waals surface area contributed by atoms with Crippen LogP contribution in [0.1, 0.15) is 47.3 Å². The summed E-state index contributed by atoms with van der Waals surface area (Å²) in [7, 11) is 0. The summed E-state index contributed by atoms with van der Waals surface area (Å²) in [6, 6.07) is 7.81. The molecular weight excluding hydrogens is 352 g/mol. The van der Waals surface area contributed by atoms with Gasteiger partial charge in [0.05, 0.1) is 6.33 Å². The van der Waals surface area contributed by atoms with Crippen molar-refractivity contribution in [1.29, 1.82) is 0 Å². The first-order chi connectivity index (χ1) is 13.5. The Morgan fingerprint density at radius 1 is 1.21 bits per heavy atom. The molecule has 0 radical (unpaired) electrons. The lowest BCUT2D eigenvalue weighted by molar-refractivity contribution is -0.138. The minimum atomic E-state index is 0.0283. The van der Waals surface area contributed by atoms with E-state index >= 15 is 0 Å². The number of piperidine rings is 2. The Hall–Kier alpha value is -2.63. The number of imidazole rings is 1. The van der Waals surface area contributed by atoms with E-state index in [9.17, 15) is 9.59 Å². The highest BCUT2D eigenvalue weighted by Gasteiger charge is 2.42. The van der Waals surface area contributed by atoms with Gasteiger partial charge in [0.15, 0.2) is 0 Å². The topological polar surface area (TPSA) is 69.3 Å². The quantitative estimate of drug-likeness (QED) is 0.887. The van der Waals surface area contributed by atoms with Gasteiger partial charge in [-0.05, 0) is 38.3 Å². The molecular formula is C22H28N4O2. The maximum absolute atomic E-state index is 13.0. The van der Waals surface area contributed by atoms with Crippen LogP contribution in [-0.4, -0.2) is 57.8 Å². The van der Waals surface area contributed by atoms with Crippen molar-refractivity contribution in [2.24, 2.45) is 5.41 Å². The van der Waals surface area contributed by atoms with Crippen molar-refractivity contribution in [3.05, 3.63) is 53.6 Å². The Morgan fingerprint density at radius 3 is 2.79 bits per heavy atom. The number of aromatic amines is 1. The van der Waals surface area contributed by atoms with E-state index in [4.69, 9.17) is 0 Å². The molecule has 4 rings (SSSR count). The number of aryl methyl sites for hydroxylation is 1. The molecule has 0 bridgehead atoms. The lowest BCUT2D eigenvalue weighted by atomic mass is 9.73. The molecule has 1 atom stereocenters. The van der Waals surface area contributed by atoms with E-state index in [2.05, 4.69) is 9.97 Å². The van der Waals surface area contributed by atoms with Crippen LogP contribution in [0.3, 0.4) is 0 Å². The summed E-state index contributed by atoms with van der Waals surface area (Å²) in [5.41, 5.74) is 2.99. The molecule has 148 valence electrons. The molecule has 2 fully saturated rings. The lowest BCUT2D eigenvalue weighted by Gasteiger charge is -2.48. The van der Waals surface area contributed by atoms with E-state index < -0.39 is 0 Å². The maximum atomic E-state index is 13.0. The molecule has 28 heavy (non-hydrogen) atoms. The van der Waals surface area contributed by atoms with Crippen molar-refractivity contribution >= 4 is 11.8 Å². The Morgan fingerprint density at radius 2 is 2.04 bits per heavy atom. The number of H-pyrrole nitrogens is 1. The van der Waals surface area contributed by atoms with Crippen molar-refractivity contribution in [1.82, 2.24) is 19.8 Å². The highest BCUT2D eigenvalue weighted by molar-refractivity contribution is 5.94. The van der Waals surface area contributed by atoms with Crippen LogP contribution in [0.4, 0.5) is 0 Å². The molecule has 1 spiro atoms. The molecule has 0 unspecified atom stereocenters. The van der Waals surface area contributed by atoms with Gasteiger partial charge >= 0.3 is 0 Å². The van der Waals surface area contributed by atoms with Crippen molar-refractivity contribution in [3.63, 3.8) is 0 Å². The molecule has 6 heteroatoms. The molecule has 2 aromatic rings. The van der Waals surface area contributed by atoms with Crippen molar-refractivity contribution in [2.75, 3.05) is 26.2 Å². The molecule has 2 amide bonds. The van der Waals surface area contributed by atoms with Gasteiger partial charge in [-0.1, -0.05) is 17.7 Å². The van der Waals surface area contributed by atoms with E-state index in [0.717, 1.165) is 62.1 Å². The monoisotopic (exact) mass is 380 g/mol. The minimum absolute atomic E-state index is 0.0283. The summed E-state index contributed by atoms with van der Waals surface area (Å²) in [4.78, 5) is 36.6. The predicted octanol–water partition coefficient (Wildman–Crippen LogP) is 2.81. The molecule has 2 aliphatic heterocycles. The molecule has 1 N–H and O–H groups in total. The summed E-state index contributed by atoms with van der Waals surface area (Å²) in [5.74, 6) is 0.340. The number of amides is 2. The molecule has 3 heterocycles. The highest BCUT2D eigenvalue weighted by atomic mass is 16.2. The number of carbonyl (C=O) groups is 2. The Balaban J connectivity index is 1.43. The average molecular weight is 380 g/mol. The highest BCUT2D eigenvalue weighted by Crippen LogP contribution is 2.39. The third-order valence-corrected chi connectivity index (χ3v) is 6.20. The first-order valence-electron chi connectivity index (χ1n) is 10.2. The zero-order chi connectivity index (χ0) is 19.6. The van der Waals surface area contributed by atoms with Gasteiger partial charge in [-0.3, -0.25) is 9.59 Å². The minimum Gasteiger partial charge on any atom is -0.348 e. The number of carbonyl (C=O) groups excluding carboxylic acids is 2. The number of hydrogen-bond donors (Lipinski definition) is 1. The van der Waals surface area contributed by atoms with Gasteiger partial charge in [0, 0.05) is 61.9 Å². The molecule has 0 saturated carbocycles. The van der Waals surface area contributed by atoms with Crippen LogP contribution in [0.25, 0.3) is 0 Å². The molecule has 1 aromatic heterocycles. The second-order valence-electron chi connectivity index (χ2n) is 8.34. The van der Waals surface area contributed by atoms with E-state index in [0.29, 0.717) is 13.0 Å². The number of benzene rings is 1. The normalized spacial score (nSPS) is 22.7. The number of hydrogen-bond acceptors (Lipinski definition) is 3. The first-order valence-corrected chi connectivity index (χ1v) is 10.2. The zero-order valence-electron chi connectivity index (χ0n) is 16.5. The number of aromatic nitrogens is 2. The van der Waals surface area contributed by atoms with Crippen LogP contribution < -0.4 is 0 Å². The van der Waals surface area contributed by atoms with E-state index in [1.54, 1.807) is 6.33 Å². The van der Waals surface area contributed by atoms with Crippen LogP contribution >= 0.6 is 0 Å². The molecule has 2 aliphatic rings. The Bertz CT molecular complexity index is 831. The fraction of sp³-hybridized carbons (Fsp3) is 0.500. The van der Waals surface area contributed by atoms with Crippen LogP contribution in [0.2, 0.25) is 0 Å². The van der Waals surface area contributed by atoms with E-state index in [1.807, 2.05) is 47.2 Å². The SMILES string of the molecule is Cc1ccc(C(=O)N2CCC[C@@]3(CCC(=O)N(CCc4cnc[nH]4)C3)C2)cc1. The molecule has 1 aromatic carbocycles. The van der Waals surface area contributed by atoms with Crippen LogP contribution in [0, 0.1) is 12.3 Å². The predicted molar refractivity (Wildman–Crippen MR) is 107 cm³/mol. The number of nitrogens with zero attached hydrogens (tertiary/aromatic N) is 3. The Labute approximate surface area is 165 Å². The van der Waals surface area contributed by atoms with Gasteiger partial charge in [0.25, 0.3) is 5.91 Å². The summed E-state index contributed by atoms with van der Waals surface area (Å²) in [6.07, 6.45) is 7.81. The maximum Gasteiger partial charge on any atom is 0.253 e. The van der Waals surface area contributed by atoms with Gasteiger partial charge in [0.1, 0.15) is 0 Å². The zero-order valence-corrected chi connectivity index (χ0v) is 16.5. The second kappa shape index (κ2) is 7.78. The van der Waals surface area contributed by atoms with Crippen LogP contribution in [0.5, 0.6) is 0 Å². The first kappa shape index (κ1) is 18.7. The van der Waals surface area contributed by atoms with Gasteiger partial charge in [0.2, 0.25) is 5.91 Å². The van der Waals surface area contributed by atoms with Gasteiger partial charge in [-0.2, -0.15) is 0 Å². The van der Waals surface area contributed by atoms with E-state index in [1.165, 1.54) is 0 Å². The van der Waals surface area contributed by atoms with E-state index in [-0.39, 0.29) is 17.2 Å². The molecule has 2 saturated heterocycles. The fourth-order valence-corrected chi connectivity index (χ4v) is 4.58. The number of likely N-dealkylation sites (tertiary alicyclic amines) is 2. The summed E-state index contributed by atoms with van der Waals surface area (Å²) < 4.78 is 0. The number of nitrogens with one attached hydrogen (secondary N) is 1. The van der Waals surface area contributed by atoms with Gasteiger partial charge in [-0.25, -0.2) is 4.98 Å².